The number of nitrogens with two attached hydrogens (primary N) is 1. The molecule has 0 unspecified atom stereocenters. The molecule has 0 aliphatic rings. The first-order valence-electron chi connectivity index (χ1n) is 5.47. The highest BCUT2D eigenvalue weighted by Crippen LogP contribution is 2.24. The summed E-state index contributed by atoms with van der Waals surface area (Å²) in [7, 11) is 1.97. The normalized spacial score (nSPS) is 10.3. The van der Waals surface area contributed by atoms with Crippen molar-refractivity contribution in [3.8, 4) is 0 Å². The molecule has 0 bridgehead atoms. The van der Waals surface area contributed by atoms with E-state index in [0.29, 0.717) is 5.95 Å². The highest BCUT2D eigenvalue weighted by molar-refractivity contribution is 5.62. The monoisotopic (exact) mass is 228 g/mol. The van der Waals surface area contributed by atoms with Crippen LogP contribution in [0, 0.1) is 13.8 Å². The topological polar surface area (TPSA) is 55.0 Å². The van der Waals surface area contributed by atoms with Gasteiger partial charge >= 0.3 is 0 Å². The third-order valence-electron chi connectivity index (χ3n) is 2.70. The molecular formula is C13H16N4. The van der Waals surface area contributed by atoms with E-state index in [2.05, 4.69) is 41.2 Å². The summed E-state index contributed by atoms with van der Waals surface area (Å²) in [6.45, 7) is 4.04. The fourth-order valence-corrected chi connectivity index (χ4v) is 1.68. The minimum atomic E-state index is 0.296. The molecule has 1 heterocycles. The third-order valence-corrected chi connectivity index (χ3v) is 2.70. The van der Waals surface area contributed by atoms with Crippen LogP contribution >= 0.6 is 0 Å². The average Bonchev–Trinajstić information content (AvgIpc) is 2.32. The second-order valence-electron chi connectivity index (χ2n) is 4.13. The van der Waals surface area contributed by atoms with Gasteiger partial charge in [0, 0.05) is 24.5 Å². The van der Waals surface area contributed by atoms with Crippen LogP contribution in [0.25, 0.3) is 0 Å². The van der Waals surface area contributed by atoms with Gasteiger partial charge in [0.05, 0.1) is 0 Å². The molecule has 0 amide bonds. The van der Waals surface area contributed by atoms with E-state index in [1.165, 1.54) is 5.56 Å². The molecule has 1 aromatic heterocycles. The van der Waals surface area contributed by atoms with Crippen LogP contribution in [-0.4, -0.2) is 17.0 Å². The van der Waals surface area contributed by atoms with Gasteiger partial charge in [0.2, 0.25) is 5.95 Å². The van der Waals surface area contributed by atoms with Crippen LogP contribution in [0.4, 0.5) is 17.5 Å². The zero-order chi connectivity index (χ0) is 12.4. The molecule has 0 spiro atoms. The molecule has 2 N–H and O–H groups in total. The van der Waals surface area contributed by atoms with Crippen molar-refractivity contribution in [1.82, 2.24) is 9.97 Å². The van der Waals surface area contributed by atoms with Gasteiger partial charge < -0.3 is 10.6 Å². The van der Waals surface area contributed by atoms with Crippen molar-refractivity contribution < 1.29 is 0 Å². The number of anilines is 3. The van der Waals surface area contributed by atoms with Gasteiger partial charge in [-0.25, -0.2) is 4.98 Å². The second kappa shape index (κ2) is 4.41. The van der Waals surface area contributed by atoms with E-state index < -0.39 is 0 Å². The van der Waals surface area contributed by atoms with Gasteiger partial charge in [-0.15, -0.1) is 0 Å². The molecule has 0 fully saturated rings. The second-order valence-corrected chi connectivity index (χ2v) is 4.13. The van der Waals surface area contributed by atoms with Crippen molar-refractivity contribution in [3.63, 3.8) is 0 Å². The highest BCUT2D eigenvalue weighted by Gasteiger charge is 2.09. The van der Waals surface area contributed by atoms with Gasteiger partial charge in [-0.3, -0.25) is 0 Å². The predicted octanol–water partition coefficient (Wildman–Crippen LogP) is 2.44. The van der Waals surface area contributed by atoms with Crippen LogP contribution in [0.5, 0.6) is 0 Å². The Labute approximate surface area is 101 Å². The van der Waals surface area contributed by atoms with E-state index in [0.717, 1.165) is 17.1 Å². The molecule has 1 aromatic carbocycles. The summed E-state index contributed by atoms with van der Waals surface area (Å²) in [4.78, 5) is 10.2. The molecular weight excluding hydrogens is 212 g/mol. The van der Waals surface area contributed by atoms with Crippen molar-refractivity contribution in [3.05, 3.63) is 41.6 Å². The summed E-state index contributed by atoms with van der Waals surface area (Å²) < 4.78 is 0. The quantitative estimate of drug-likeness (QED) is 0.857. The Morgan fingerprint density at radius 1 is 1.12 bits per heavy atom. The molecule has 2 aromatic rings. The molecule has 17 heavy (non-hydrogen) atoms. The standard InChI is InChI=1S/C13H16N4/c1-9-4-6-11(7-5-9)17(3)12-10(2)8-15-13(14)16-12/h4-8H,1-3H3,(H2,14,15,16). The maximum absolute atomic E-state index is 5.62. The van der Waals surface area contributed by atoms with Gasteiger partial charge in [0.15, 0.2) is 0 Å². The first-order chi connectivity index (χ1) is 8.08. The Hall–Kier alpha value is -2.10. The van der Waals surface area contributed by atoms with Crippen LogP contribution in [0.2, 0.25) is 0 Å². The molecule has 4 nitrogen and oxygen atoms in total. The number of nitrogen functional groups attached to an aromatic ring is 1. The predicted molar refractivity (Wildman–Crippen MR) is 70.4 cm³/mol. The number of benzene rings is 1. The maximum Gasteiger partial charge on any atom is 0.221 e. The van der Waals surface area contributed by atoms with Crippen LogP contribution in [0.1, 0.15) is 11.1 Å². The Kier molecular flexibility index (Phi) is 2.95. The summed E-state index contributed by atoms with van der Waals surface area (Å²) >= 11 is 0. The maximum atomic E-state index is 5.62. The van der Waals surface area contributed by atoms with E-state index in [4.69, 9.17) is 5.73 Å². The molecule has 0 saturated carbocycles. The zero-order valence-corrected chi connectivity index (χ0v) is 10.3. The summed E-state index contributed by atoms with van der Waals surface area (Å²) in [5.41, 5.74) is 8.94. The van der Waals surface area contributed by atoms with Crippen molar-refractivity contribution in [2.24, 2.45) is 0 Å². The zero-order valence-electron chi connectivity index (χ0n) is 10.3. The van der Waals surface area contributed by atoms with Gasteiger partial charge in [-0.05, 0) is 26.0 Å². The minimum absolute atomic E-state index is 0.296. The summed E-state index contributed by atoms with van der Waals surface area (Å²) in [5, 5.41) is 0. The van der Waals surface area contributed by atoms with Crippen LogP contribution in [-0.2, 0) is 0 Å². The fourth-order valence-electron chi connectivity index (χ4n) is 1.68. The first kappa shape index (κ1) is 11.4. The highest BCUT2D eigenvalue weighted by atomic mass is 15.2. The summed E-state index contributed by atoms with van der Waals surface area (Å²) in [6, 6.07) is 8.28. The van der Waals surface area contributed by atoms with Gasteiger partial charge in [0.25, 0.3) is 0 Å². The molecule has 0 aliphatic heterocycles. The molecule has 4 heteroatoms. The lowest BCUT2D eigenvalue weighted by Gasteiger charge is -2.20. The minimum Gasteiger partial charge on any atom is -0.368 e. The average molecular weight is 228 g/mol. The summed E-state index contributed by atoms with van der Waals surface area (Å²) in [5.74, 6) is 1.13. The number of hydrogen-bond donors (Lipinski definition) is 1. The van der Waals surface area contributed by atoms with Gasteiger partial charge in [0.1, 0.15) is 5.82 Å². The molecule has 0 radical (unpaired) electrons. The third kappa shape index (κ3) is 2.36. The number of aryl methyl sites for hydroxylation is 2. The van der Waals surface area contributed by atoms with E-state index in [1.54, 1.807) is 6.20 Å². The van der Waals surface area contributed by atoms with E-state index in [-0.39, 0.29) is 0 Å². The van der Waals surface area contributed by atoms with Crippen molar-refractivity contribution in [2.75, 3.05) is 17.7 Å². The van der Waals surface area contributed by atoms with Gasteiger partial charge in [-0.1, -0.05) is 17.7 Å². The lowest BCUT2D eigenvalue weighted by atomic mass is 10.2. The Bertz CT molecular complexity index is 519. The van der Waals surface area contributed by atoms with E-state index in [9.17, 15) is 0 Å². The molecule has 0 atom stereocenters. The van der Waals surface area contributed by atoms with Crippen LogP contribution < -0.4 is 10.6 Å². The van der Waals surface area contributed by atoms with Gasteiger partial charge in [-0.2, -0.15) is 4.98 Å². The van der Waals surface area contributed by atoms with Crippen molar-refractivity contribution in [2.45, 2.75) is 13.8 Å². The molecule has 88 valence electrons. The lowest BCUT2D eigenvalue weighted by molar-refractivity contribution is 1.06. The smallest absolute Gasteiger partial charge is 0.221 e. The van der Waals surface area contributed by atoms with E-state index in [1.807, 2.05) is 18.9 Å². The SMILES string of the molecule is Cc1ccc(N(C)c2nc(N)ncc2C)cc1. The fraction of sp³-hybridized carbons (Fsp3) is 0.231. The largest absolute Gasteiger partial charge is 0.368 e. The Balaban J connectivity index is 2.39. The molecule has 0 aliphatic carbocycles. The Morgan fingerprint density at radius 2 is 1.76 bits per heavy atom. The Morgan fingerprint density at radius 3 is 2.41 bits per heavy atom. The number of rotatable bonds is 2. The number of hydrogen-bond acceptors (Lipinski definition) is 4. The van der Waals surface area contributed by atoms with Crippen molar-refractivity contribution >= 4 is 17.5 Å². The molecule has 2 rings (SSSR count). The summed E-state index contributed by atoms with van der Waals surface area (Å²) in [6.07, 6.45) is 1.74. The molecule has 0 saturated heterocycles. The number of aromatic nitrogens is 2. The van der Waals surface area contributed by atoms with E-state index >= 15 is 0 Å². The number of nitrogens with zero attached hydrogens (tertiary/aromatic N) is 3. The van der Waals surface area contributed by atoms with Crippen molar-refractivity contribution in [1.29, 1.82) is 0 Å². The van der Waals surface area contributed by atoms with Crippen LogP contribution in [0.15, 0.2) is 30.5 Å². The lowest BCUT2D eigenvalue weighted by Crippen LogP contribution is -2.14. The van der Waals surface area contributed by atoms with Crippen LogP contribution in [0.3, 0.4) is 0 Å². The first-order valence-corrected chi connectivity index (χ1v) is 5.47.